The Morgan fingerprint density at radius 1 is 1.50 bits per heavy atom. The van der Waals surface area contributed by atoms with Crippen molar-refractivity contribution in [3.63, 3.8) is 0 Å². The molecule has 1 aliphatic heterocycles. The third kappa shape index (κ3) is 3.68. The molecule has 2 N–H and O–H groups in total. The van der Waals surface area contributed by atoms with Gasteiger partial charge in [-0.25, -0.2) is 0 Å². The number of rotatable bonds is 4. The van der Waals surface area contributed by atoms with Gasteiger partial charge in [0.25, 0.3) is 0 Å². The molecule has 1 heterocycles. The van der Waals surface area contributed by atoms with E-state index in [0.29, 0.717) is 5.75 Å². The Bertz CT molecular complexity index is 462. The lowest BCUT2D eigenvalue weighted by Gasteiger charge is -2.08. The standard InChI is InChI=1S/C12H15N3OS2/c1-17-10-5-3-2-4-9(10)15-11(16)8-18-12-13-6-7-14-12/h2-5H,6-8H2,1H3,(H,13,14)(H,15,16). The summed E-state index contributed by atoms with van der Waals surface area (Å²) in [5.41, 5.74) is 0.872. The van der Waals surface area contributed by atoms with Crippen LogP contribution < -0.4 is 10.6 Å². The molecule has 4 nitrogen and oxygen atoms in total. The van der Waals surface area contributed by atoms with E-state index >= 15 is 0 Å². The van der Waals surface area contributed by atoms with Gasteiger partial charge in [0.15, 0.2) is 5.17 Å². The fraction of sp³-hybridized carbons (Fsp3) is 0.333. The number of amidine groups is 1. The summed E-state index contributed by atoms with van der Waals surface area (Å²) in [6.45, 7) is 1.68. The Hall–Kier alpha value is -1.14. The van der Waals surface area contributed by atoms with Crippen molar-refractivity contribution in [2.24, 2.45) is 4.99 Å². The van der Waals surface area contributed by atoms with Crippen LogP contribution in [0.3, 0.4) is 0 Å². The van der Waals surface area contributed by atoms with Gasteiger partial charge in [0, 0.05) is 11.4 Å². The predicted octanol–water partition coefficient (Wildman–Crippen LogP) is 2.04. The zero-order chi connectivity index (χ0) is 12.8. The molecule has 6 heteroatoms. The topological polar surface area (TPSA) is 53.5 Å². The number of anilines is 1. The Kier molecular flexibility index (Phi) is 4.95. The van der Waals surface area contributed by atoms with Crippen LogP contribution in [-0.2, 0) is 4.79 Å². The SMILES string of the molecule is CSc1ccccc1NC(=O)CSC1=NCCN1. The molecule has 0 atom stereocenters. The molecule has 1 aromatic rings. The molecule has 0 saturated heterocycles. The first-order valence-corrected chi connectivity index (χ1v) is 7.84. The molecular formula is C12H15N3OS2. The maximum Gasteiger partial charge on any atom is 0.234 e. The van der Waals surface area contributed by atoms with Crippen molar-refractivity contribution in [1.82, 2.24) is 5.32 Å². The highest BCUT2D eigenvalue weighted by atomic mass is 32.2. The summed E-state index contributed by atoms with van der Waals surface area (Å²) in [4.78, 5) is 17.1. The van der Waals surface area contributed by atoms with Crippen LogP contribution in [0.5, 0.6) is 0 Å². The van der Waals surface area contributed by atoms with Gasteiger partial charge in [-0.2, -0.15) is 0 Å². The number of carbonyl (C=O) groups is 1. The Labute approximate surface area is 115 Å². The summed E-state index contributed by atoms with van der Waals surface area (Å²) in [7, 11) is 0. The zero-order valence-electron chi connectivity index (χ0n) is 10.1. The van der Waals surface area contributed by atoms with Gasteiger partial charge in [-0.1, -0.05) is 23.9 Å². The number of para-hydroxylation sites is 1. The summed E-state index contributed by atoms with van der Waals surface area (Å²) in [6.07, 6.45) is 2.00. The number of hydrogen-bond donors (Lipinski definition) is 2. The molecule has 0 bridgehead atoms. The number of benzene rings is 1. The van der Waals surface area contributed by atoms with Crippen LogP contribution in [0.1, 0.15) is 0 Å². The van der Waals surface area contributed by atoms with E-state index in [9.17, 15) is 4.79 Å². The molecular weight excluding hydrogens is 266 g/mol. The summed E-state index contributed by atoms with van der Waals surface area (Å²) in [5.74, 6) is 0.382. The number of thioether (sulfide) groups is 2. The first-order chi connectivity index (χ1) is 8.79. The number of nitrogens with zero attached hydrogens (tertiary/aromatic N) is 1. The lowest BCUT2D eigenvalue weighted by Crippen LogP contribution is -2.20. The molecule has 1 aromatic carbocycles. The molecule has 0 aromatic heterocycles. The van der Waals surface area contributed by atoms with E-state index in [1.165, 1.54) is 11.8 Å². The van der Waals surface area contributed by atoms with Crippen LogP contribution in [0.15, 0.2) is 34.2 Å². The first-order valence-electron chi connectivity index (χ1n) is 5.63. The van der Waals surface area contributed by atoms with Gasteiger partial charge in [-0.05, 0) is 18.4 Å². The van der Waals surface area contributed by atoms with Crippen molar-refractivity contribution in [3.8, 4) is 0 Å². The lowest BCUT2D eigenvalue weighted by molar-refractivity contribution is -0.113. The molecule has 0 aliphatic carbocycles. The van der Waals surface area contributed by atoms with Crippen molar-refractivity contribution in [1.29, 1.82) is 0 Å². The normalized spacial score (nSPS) is 13.9. The highest BCUT2D eigenvalue weighted by Gasteiger charge is 2.10. The average molecular weight is 281 g/mol. The monoisotopic (exact) mass is 281 g/mol. The van der Waals surface area contributed by atoms with E-state index in [0.717, 1.165) is 28.8 Å². The Morgan fingerprint density at radius 2 is 2.33 bits per heavy atom. The van der Waals surface area contributed by atoms with Gasteiger partial charge >= 0.3 is 0 Å². The molecule has 1 amide bonds. The summed E-state index contributed by atoms with van der Waals surface area (Å²) < 4.78 is 0. The summed E-state index contributed by atoms with van der Waals surface area (Å²) in [5, 5.41) is 6.91. The second kappa shape index (κ2) is 6.70. The molecule has 0 radical (unpaired) electrons. The van der Waals surface area contributed by atoms with Gasteiger partial charge < -0.3 is 10.6 Å². The van der Waals surface area contributed by atoms with Crippen LogP contribution in [0.4, 0.5) is 5.69 Å². The second-order valence-electron chi connectivity index (χ2n) is 3.65. The molecule has 2 rings (SSSR count). The van der Waals surface area contributed by atoms with E-state index in [1.54, 1.807) is 11.8 Å². The zero-order valence-corrected chi connectivity index (χ0v) is 11.7. The molecule has 0 saturated carbocycles. The highest BCUT2D eigenvalue weighted by molar-refractivity contribution is 8.14. The van der Waals surface area contributed by atoms with Gasteiger partial charge in [0.1, 0.15) is 0 Å². The average Bonchev–Trinajstić information content (AvgIpc) is 2.90. The highest BCUT2D eigenvalue weighted by Crippen LogP contribution is 2.24. The van der Waals surface area contributed by atoms with Crippen molar-refractivity contribution < 1.29 is 4.79 Å². The Morgan fingerprint density at radius 3 is 3.06 bits per heavy atom. The van der Waals surface area contributed by atoms with Crippen LogP contribution in [0, 0.1) is 0 Å². The van der Waals surface area contributed by atoms with Crippen molar-refractivity contribution >= 4 is 40.3 Å². The van der Waals surface area contributed by atoms with Crippen LogP contribution in [0.2, 0.25) is 0 Å². The van der Waals surface area contributed by atoms with Crippen LogP contribution >= 0.6 is 23.5 Å². The minimum atomic E-state index is -0.00194. The van der Waals surface area contributed by atoms with Crippen LogP contribution in [-0.4, -0.2) is 36.2 Å². The largest absolute Gasteiger partial charge is 0.363 e. The summed E-state index contributed by atoms with van der Waals surface area (Å²) >= 11 is 3.07. The predicted molar refractivity (Wildman–Crippen MR) is 79.6 cm³/mol. The van der Waals surface area contributed by atoms with E-state index in [-0.39, 0.29) is 5.91 Å². The third-order valence-corrected chi connectivity index (χ3v) is 4.11. The first kappa shape index (κ1) is 13.3. The maximum atomic E-state index is 11.8. The molecule has 18 heavy (non-hydrogen) atoms. The van der Waals surface area contributed by atoms with E-state index in [1.807, 2.05) is 30.5 Å². The van der Waals surface area contributed by atoms with E-state index < -0.39 is 0 Å². The number of amides is 1. The number of carbonyl (C=O) groups excluding carboxylic acids is 1. The molecule has 0 fully saturated rings. The smallest absolute Gasteiger partial charge is 0.234 e. The molecule has 0 unspecified atom stereocenters. The fourth-order valence-corrected chi connectivity index (χ4v) is 2.82. The van der Waals surface area contributed by atoms with Gasteiger partial charge in [0.2, 0.25) is 5.91 Å². The van der Waals surface area contributed by atoms with E-state index in [2.05, 4.69) is 15.6 Å². The lowest BCUT2D eigenvalue weighted by atomic mass is 10.3. The third-order valence-electron chi connectivity index (χ3n) is 2.36. The van der Waals surface area contributed by atoms with E-state index in [4.69, 9.17) is 0 Å². The number of hydrogen-bond acceptors (Lipinski definition) is 5. The maximum absolute atomic E-state index is 11.8. The number of aliphatic imine (C=N–C) groups is 1. The van der Waals surface area contributed by atoms with Crippen molar-refractivity contribution in [3.05, 3.63) is 24.3 Å². The summed E-state index contributed by atoms with van der Waals surface area (Å²) in [6, 6.07) is 7.80. The fourth-order valence-electron chi connectivity index (χ4n) is 1.54. The minimum absolute atomic E-state index is 0.00194. The molecule has 96 valence electrons. The van der Waals surface area contributed by atoms with Gasteiger partial charge in [-0.3, -0.25) is 9.79 Å². The van der Waals surface area contributed by atoms with Crippen LogP contribution in [0.25, 0.3) is 0 Å². The quantitative estimate of drug-likeness (QED) is 0.829. The molecule has 1 aliphatic rings. The van der Waals surface area contributed by atoms with Crippen molar-refractivity contribution in [2.75, 3.05) is 30.4 Å². The van der Waals surface area contributed by atoms with Crippen molar-refractivity contribution in [2.45, 2.75) is 4.90 Å². The number of nitrogens with one attached hydrogen (secondary N) is 2. The second-order valence-corrected chi connectivity index (χ2v) is 5.46. The molecule has 0 spiro atoms. The minimum Gasteiger partial charge on any atom is -0.363 e. The Balaban J connectivity index is 1.86. The van der Waals surface area contributed by atoms with Gasteiger partial charge in [0.05, 0.1) is 18.0 Å². The van der Waals surface area contributed by atoms with Gasteiger partial charge in [-0.15, -0.1) is 11.8 Å².